The van der Waals surface area contributed by atoms with Gasteiger partial charge in [-0.2, -0.15) is 5.26 Å². The lowest BCUT2D eigenvalue weighted by atomic mass is 10.0. The van der Waals surface area contributed by atoms with Crippen molar-refractivity contribution in [3.63, 3.8) is 0 Å². The van der Waals surface area contributed by atoms with Crippen LogP contribution in [0.2, 0.25) is 5.02 Å². The van der Waals surface area contributed by atoms with Gasteiger partial charge >= 0.3 is 0 Å². The van der Waals surface area contributed by atoms with Gasteiger partial charge in [-0.3, -0.25) is 4.79 Å². The number of carbonyl (C=O) groups is 1. The molecule has 1 aliphatic heterocycles. The first kappa shape index (κ1) is 17.8. The maximum Gasteiger partial charge on any atom is 0.203 e. The van der Waals surface area contributed by atoms with Gasteiger partial charge in [-0.15, -0.1) is 0 Å². The van der Waals surface area contributed by atoms with E-state index in [-0.39, 0.29) is 5.57 Å². The number of hydrogen-bond donors (Lipinski definition) is 0. The Balaban J connectivity index is 1.96. The van der Waals surface area contributed by atoms with Gasteiger partial charge in [-0.25, -0.2) is 0 Å². The number of methoxy groups -OCH3 is 1. The number of allylic oxidation sites excluding steroid dienone is 1. The Morgan fingerprint density at radius 3 is 2.85 bits per heavy atom. The van der Waals surface area contributed by atoms with Crippen molar-refractivity contribution in [3.8, 4) is 23.3 Å². The van der Waals surface area contributed by atoms with E-state index in [2.05, 4.69) is 0 Å². The molecule has 6 heteroatoms. The third kappa shape index (κ3) is 3.81. The summed E-state index contributed by atoms with van der Waals surface area (Å²) in [4.78, 5) is 12.6. The number of hydrogen-bond acceptors (Lipinski definition) is 5. The highest BCUT2D eigenvalue weighted by Gasteiger charge is 2.17. The summed E-state index contributed by atoms with van der Waals surface area (Å²) in [6.45, 7) is 1.05. The van der Waals surface area contributed by atoms with Crippen LogP contribution in [0.15, 0.2) is 42.0 Å². The third-order valence-electron chi connectivity index (χ3n) is 3.83. The van der Waals surface area contributed by atoms with E-state index in [0.717, 1.165) is 6.42 Å². The van der Waals surface area contributed by atoms with Crippen molar-refractivity contribution in [2.24, 2.45) is 0 Å². The first-order valence-corrected chi connectivity index (χ1v) is 8.40. The molecule has 0 N–H and O–H groups in total. The van der Waals surface area contributed by atoms with Crippen LogP contribution in [0.5, 0.6) is 17.2 Å². The molecule has 3 rings (SSSR count). The number of nitrogens with zero attached hydrogens (tertiary/aromatic N) is 1. The minimum absolute atomic E-state index is 0.0104. The predicted molar refractivity (Wildman–Crippen MR) is 98.0 cm³/mol. The molecule has 132 valence electrons. The van der Waals surface area contributed by atoms with E-state index >= 15 is 0 Å². The minimum atomic E-state index is -0.394. The number of benzene rings is 2. The number of Topliss-reactive ketones (excluding diaryl/α,β-unsaturated/α-hetero) is 1. The van der Waals surface area contributed by atoms with Crippen molar-refractivity contribution >= 4 is 23.5 Å². The zero-order chi connectivity index (χ0) is 18.5. The Morgan fingerprint density at radius 1 is 1.27 bits per heavy atom. The van der Waals surface area contributed by atoms with Gasteiger partial charge in [0.05, 0.1) is 25.3 Å². The van der Waals surface area contributed by atoms with Crippen LogP contribution in [0.25, 0.3) is 6.08 Å². The van der Waals surface area contributed by atoms with E-state index in [1.807, 2.05) is 6.07 Å². The molecule has 2 aromatic rings. The smallest absolute Gasteiger partial charge is 0.203 e. The molecule has 0 spiro atoms. The Bertz CT molecular complexity index is 915. The van der Waals surface area contributed by atoms with Gasteiger partial charge in [0.15, 0.2) is 11.5 Å². The van der Waals surface area contributed by atoms with Crippen LogP contribution in [0.4, 0.5) is 0 Å². The van der Waals surface area contributed by atoms with Gasteiger partial charge in [-0.1, -0.05) is 23.7 Å². The van der Waals surface area contributed by atoms with E-state index in [4.69, 9.17) is 25.8 Å². The predicted octanol–water partition coefficient (Wildman–Crippen LogP) is 4.30. The summed E-state index contributed by atoms with van der Waals surface area (Å²) in [6, 6.07) is 12.0. The van der Waals surface area contributed by atoms with Crippen LogP contribution >= 0.6 is 11.6 Å². The fourth-order valence-electron chi connectivity index (χ4n) is 2.57. The Morgan fingerprint density at radius 2 is 2.08 bits per heavy atom. The summed E-state index contributed by atoms with van der Waals surface area (Å²) in [6.07, 6.45) is 2.25. The number of ether oxygens (including phenoxy) is 3. The molecule has 0 saturated heterocycles. The molecular weight excluding hydrogens is 354 g/mol. The molecule has 0 bridgehead atoms. The van der Waals surface area contributed by atoms with Gasteiger partial charge < -0.3 is 14.2 Å². The lowest BCUT2D eigenvalue weighted by Crippen LogP contribution is -2.02. The molecular formula is C20H16ClNO4. The first-order valence-electron chi connectivity index (χ1n) is 8.02. The van der Waals surface area contributed by atoms with Gasteiger partial charge in [0, 0.05) is 12.0 Å². The molecule has 26 heavy (non-hydrogen) atoms. The minimum Gasteiger partial charge on any atom is -0.497 e. The molecule has 1 heterocycles. The Labute approximate surface area is 156 Å². The van der Waals surface area contributed by atoms with Gasteiger partial charge in [0.2, 0.25) is 5.78 Å². The second kappa shape index (κ2) is 7.94. The van der Waals surface area contributed by atoms with Crippen LogP contribution in [0, 0.1) is 11.3 Å². The van der Waals surface area contributed by atoms with Crippen LogP contribution in [-0.2, 0) is 0 Å². The van der Waals surface area contributed by atoms with E-state index in [1.165, 1.54) is 13.2 Å². The second-order valence-electron chi connectivity index (χ2n) is 5.61. The summed E-state index contributed by atoms with van der Waals surface area (Å²) in [7, 11) is 1.52. The molecule has 5 nitrogen and oxygen atoms in total. The van der Waals surface area contributed by atoms with Crippen LogP contribution in [0.3, 0.4) is 0 Å². The van der Waals surface area contributed by atoms with Crippen molar-refractivity contribution in [3.05, 3.63) is 58.1 Å². The molecule has 0 amide bonds. The highest BCUT2D eigenvalue weighted by molar-refractivity contribution is 6.32. The molecule has 1 aliphatic rings. The average Bonchev–Trinajstić information content (AvgIpc) is 2.91. The average molecular weight is 370 g/mol. The molecule has 0 radical (unpaired) electrons. The normalized spacial score (nSPS) is 13.5. The Hall–Kier alpha value is -2.97. The van der Waals surface area contributed by atoms with Crippen LogP contribution < -0.4 is 14.2 Å². The lowest BCUT2D eigenvalue weighted by molar-refractivity contribution is 0.103. The number of rotatable bonds is 4. The maximum absolute atomic E-state index is 12.6. The highest BCUT2D eigenvalue weighted by Crippen LogP contribution is 2.38. The number of carbonyl (C=O) groups excluding carboxylic acids is 1. The van der Waals surface area contributed by atoms with E-state index in [1.54, 1.807) is 36.4 Å². The van der Waals surface area contributed by atoms with Crippen molar-refractivity contribution in [2.45, 2.75) is 6.42 Å². The van der Waals surface area contributed by atoms with E-state index in [9.17, 15) is 10.1 Å². The molecule has 0 fully saturated rings. The van der Waals surface area contributed by atoms with Crippen molar-refractivity contribution in [2.75, 3.05) is 20.3 Å². The summed E-state index contributed by atoms with van der Waals surface area (Å²) in [5, 5.41) is 9.82. The van der Waals surface area contributed by atoms with E-state index < -0.39 is 5.78 Å². The van der Waals surface area contributed by atoms with Crippen molar-refractivity contribution < 1.29 is 19.0 Å². The molecule has 0 aliphatic carbocycles. The lowest BCUT2D eigenvalue weighted by Gasteiger charge is -2.10. The first-order chi connectivity index (χ1) is 12.6. The fraction of sp³-hybridized carbons (Fsp3) is 0.200. The standard InChI is InChI=1S/C20H16ClNO4/c1-24-16-5-2-4-14(11-16)19(23)15(12-22)8-13-9-17(21)20-18(10-13)25-6-3-7-26-20/h2,4-5,8-11H,3,6-7H2,1H3/b15-8+. The SMILES string of the molecule is COc1cccc(C(=O)/C(C#N)=C/c2cc(Cl)c3c(c2)OCCCO3)c1. The largest absolute Gasteiger partial charge is 0.497 e. The molecule has 2 aromatic carbocycles. The summed E-state index contributed by atoms with van der Waals surface area (Å²) >= 11 is 6.26. The number of ketones is 1. The van der Waals surface area contributed by atoms with Crippen LogP contribution in [0.1, 0.15) is 22.3 Å². The number of fused-ring (bicyclic) bond motifs is 1. The zero-order valence-corrected chi connectivity index (χ0v) is 14.9. The third-order valence-corrected chi connectivity index (χ3v) is 4.11. The highest BCUT2D eigenvalue weighted by atomic mass is 35.5. The molecule has 0 unspecified atom stereocenters. The topological polar surface area (TPSA) is 68.6 Å². The summed E-state index contributed by atoms with van der Waals surface area (Å²) < 4.78 is 16.3. The van der Waals surface area contributed by atoms with Crippen LogP contribution in [-0.4, -0.2) is 26.1 Å². The maximum atomic E-state index is 12.6. The zero-order valence-electron chi connectivity index (χ0n) is 14.1. The van der Waals surface area contributed by atoms with Crippen molar-refractivity contribution in [1.29, 1.82) is 5.26 Å². The molecule has 0 atom stereocenters. The van der Waals surface area contributed by atoms with E-state index in [0.29, 0.717) is 46.6 Å². The van der Waals surface area contributed by atoms with Gasteiger partial charge in [-0.05, 0) is 35.9 Å². The monoisotopic (exact) mass is 369 g/mol. The van der Waals surface area contributed by atoms with Gasteiger partial charge in [0.25, 0.3) is 0 Å². The Kier molecular flexibility index (Phi) is 5.45. The fourth-order valence-corrected chi connectivity index (χ4v) is 2.84. The quantitative estimate of drug-likeness (QED) is 0.456. The summed E-state index contributed by atoms with van der Waals surface area (Å²) in [5.41, 5.74) is 0.952. The van der Waals surface area contributed by atoms with Gasteiger partial charge in [0.1, 0.15) is 17.4 Å². The number of halogens is 1. The summed E-state index contributed by atoms with van der Waals surface area (Å²) in [5.74, 6) is 1.15. The molecule has 0 aromatic heterocycles. The van der Waals surface area contributed by atoms with Crippen molar-refractivity contribution in [1.82, 2.24) is 0 Å². The number of nitriles is 1. The molecule has 0 saturated carbocycles. The second-order valence-corrected chi connectivity index (χ2v) is 6.02.